The van der Waals surface area contributed by atoms with Crippen molar-refractivity contribution in [1.29, 1.82) is 0 Å². The van der Waals surface area contributed by atoms with Crippen LogP contribution in [0.3, 0.4) is 0 Å². The number of carbonyl (C=O) groups is 1. The molecule has 1 heterocycles. The molecule has 0 spiro atoms. The second kappa shape index (κ2) is 9.87. The minimum absolute atomic E-state index is 0.00506. The smallest absolute Gasteiger partial charge is 0.307 e. The average molecular weight is 422 g/mol. The van der Waals surface area contributed by atoms with E-state index in [1.54, 1.807) is 24.3 Å². The Bertz CT molecular complexity index is 767. The molecule has 7 heteroatoms. The summed E-state index contributed by atoms with van der Waals surface area (Å²) in [5.41, 5.74) is 6.31. The van der Waals surface area contributed by atoms with Crippen LogP contribution < -0.4 is 5.73 Å². The van der Waals surface area contributed by atoms with Gasteiger partial charge in [0.15, 0.2) is 0 Å². The third kappa shape index (κ3) is 5.68. The van der Waals surface area contributed by atoms with Gasteiger partial charge in [0.1, 0.15) is 0 Å². The molecule has 3 rings (SSSR count). The van der Waals surface area contributed by atoms with E-state index in [4.69, 9.17) is 10.5 Å². The molecule has 0 aromatic heterocycles. The molecular formula is C22H31NO5S. The number of allylic oxidation sites excluding steroid dienone is 2. The number of fused-ring (bicyclic) bond motifs is 1. The van der Waals surface area contributed by atoms with Crippen molar-refractivity contribution < 1.29 is 24.0 Å². The molecule has 1 aliphatic carbocycles. The predicted octanol–water partition coefficient (Wildman–Crippen LogP) is 2.55. The number of benzene rings is 1. The summed E-state index contributed by atoms with van der Waals surface area (Å²) in [6.07, 6.45) is 5.75. The molecule has 2 aliphatic rings. The van der Waals surface area contributed by atoms with Gasteiger partial charge in [0.2, 0.25) is 0 Å². The van der Waals surface area contributed by atoms with Crippen LogP contribution in [0, 0.1) is 11.8 Å². The lowest BCUT2D eigenvalue weighted by Crippen LogP contribution is -2.40. The number of carbonyl (C=O) groups excluding carboxylic acids is 1. The van der Waals surface area contributed by atoms with Crippen molar-refractivity contribution in [3.8, 4) is 0 Å². The lowest BCUT2D eigenvalue weighted by molar-refractivity contribution is -0.149. The van der Waals surface area contributed by atoms with Crippen LogP contribution in [-0.4, -0.2) is 44.0 Å². The van der Waals surface area contributed by atoms with Gasteiger partial charge in [0.25, 0.3) is 0 Å². The van der Waals surface area contributed by atoms with Gasteiger partial charge in [-0.15, -0.1) is 0 Å². The normalized spacial score (nSPS) is 36.0. The lowest BCUT2D eigenvalue weighted by Gasteiger charge is -2.29. The van der Waals surface area contributed by atoms with Crippen molar-refractivity contribution in [2.24, 2.45) is 11.8 Å². The summed E-state index contributed by atoms with van der Waals surface area (Å²) in [4.78, 5) is 13.0. The molecule has 1 fully saturated rings. The maximum Gasteiger partial charge on any atom is 0.307 e. The standard InChI is InChI=1S/C22H31NO5S/c1-14-6-3-2-4-7-15-10-17(24)12-19(15)22(26)20(13-21(25)28-14)29(27)18-9-5-8-16(23)11-18/h4-5,7-9,11,14-15,17,19-20,22,24,26H,2-3,6,10,12-13,23H2,1H3/b7-4+/t14-,15+,17-,19+,20+,22-,29?/m0/s1. The molecule has 1 aliphatic heterocycles. The molecular weight excluding hydrogens is 390 g/mol. The zero-order valence-electron chi connectivity index (χ0n) is 16.8. The first-order chi connectivity index (χ1) is 13.8. The number of rotatable bonds is 2. The highest BCUT2D eigenvalue weighted by Gasteiger charge is 2.42. The Morgan fingerprint density at radius 3 is 2.79 bits per heavy atom. The van der Waals surface area contributed by atoms with Crippen LogP contribution in [-0.2, 0) is 20.3 Å². The number of aliphatic hydroxyl groups is 2. The van der Waals surface area contributed by atoms with Crippen LogP contribution in [0.25, 0.3) is 0 Å². The van der Waals surface area contributed by atoms with E-state index in [-0.39, 0.29) is 24.4 Å². The maximum absolute atomic E-state index is 13.4. The average Bonchev–Trinajstić information content (AvgIpc) is 3.04. The van der Waals surface area contributed by atoms with Crippen LogP contribution in [0.1, 0.15) is 45.4 Å². The summed E-state index contributed by atoms with van der Waals surface area (Å²) in [5, 5.41) is 20.6. The van der Waals surface area contributed by atoms with Crippen LogP contribution in [0.15, 0.2) is 41.3 Å². The van der Waals surface area contributed by atoms with Gasteiger partial charge in [-0.05, 0) is 69.1 Å². The number of hydrogen-bond acceptors (Lipinski definition) is 6. The topological polar surface area (TPSA) is 110 Å². The summed E-state index contributed by atoms with van der Waals surface area (Å²) in [7, 11) is -1.65. The van der Waals surface area contributed by atoms with Crippen LogP contribution >= 0.6 is 0 Å². The van der Waals surface area contributed by atoms with Crippen LogP contribution in [0.4, 0.5) is 5.69 Å². The van der Waals surface area contributed by atoms with Crippen molar-refractivity contribution in [3.63, 3.8) is 0 Å². The molecule has 7 atom stereocenters. The number of esters is 1. The molecule has 1 saturated carbocycles. The first-order valence-electron chi connectivity index (χ1n) is 10.3. The number of aliphatic hydroxyl groups excluding tert-OH is 2. The summed E-state index contributed by atoms with van der Waals surface area (Å²) < 4.78 is 18.9. The van der Waals surface area contributed by atoms with E-state index in [2.05, 4.69) is 12.2 Å². The van der Waals surface area contributed by atoms with E-state index in [0.29, 0.717) is 23.4 Å². The fourth-order valence-electron chi connectivity index (χ4n) is 4.39. The fourth-order valence-corrected chi connectivity index (χ4v) is 5.95. The Balaban J connectivity index is 1.92. The largest absolute Gasteiger partial charge is 0.463 e. The fraction of sp³-hybridized carbons (Fsp3) is 0.591. The second-order valence-electron chi connectivity index (χ2n) is 8.22. The Morgan fingerprint density at radius 2 is 2.03 bits per heavy atom. The van der Waals surface area contributed by atoms with E-state index in [1.165, 1.54) is 0 Å². The molecule has 0 saturated heterocycles. The number of nitrogen functional groups attached to an aromatic ring is 1. The first-order valence-corrected chi connectivity index (χ1v) is 11.5. The Labute approximate surface area is 174 Å². The predicted molar refractivity (Wildman–Crippen MR) is 112 cm³/mol. The minimum Gasteiger partial charge on any atom is -0.463 e. The van der Waals surface area contributed by atoms with E-state index < -0.39 is 34.2 Å². The SMILES string of the molecule is C[C@H]1CCC/C=C/[C@@H]2C[C@H](O)C[C@H]2[C@H](O)[C@H](S(=O)c2cccc(N)c2)CC(=O)O1. The lowest BCUT2D eigenvalue weighted by atomic mass is 9.87. The van der Waals surface area contributed by atoms with Gasteiger partial charge in [-0.3, -0.25) is 9.00 Å². The van der Waals surface area contributed by atoms with Gasteiger partial charge in [0.05, 0.1) is 40.8 Å². The summed E-state index contributed by atoms with van der Waals surface area (Å²) in [6.45, 7) is 1.85. The molecule has 1 unspecified atom stereocenters. The monoisotopic (exact) mass is 421 g/mol. The van der Waals surface area contributed by atoms with Gasteiger partial charge in [0, 0.05) is 10.6 Å². The molecule has 1 aromatic carbocycles. The quantitative estimate of drug-likeness (QED) is 0.385. The van der Waals surface area contributed by atoms with E-state index in [0.717, 1.165) is 19.3 Å². The molecule has 160 valence electrons. The van der Waals surface area contributed by atoms with Gasteiger partial charge in [-0.25, -0.2) is 0 Å². The Hall–Kier alpha value is -1.70. The molecule has 0 radical (unpaired) electrons. The van der Waals surface area contributed by atoms with Gasteiger partial charge in [-0.1, -0.05) is 18.2 Å². The van der Waals surface area contributed by atoms with Gasteiger partial charge < -0.3 is 20.7 Å². The maximum atomic E-state index is 13.4. The number of anilines is 1. The zero-order valence-corrected chi connectivity index (χ0v) is 17.6. The van der Waals surface area contributed by atoms with E-state index in [9.17, 15) is 19.2 Å². The number of hydrogen-bond donors (Lipinski definition) is 3. The summed E-state index contributed by atoms with van der Waals surface area (Å²) >= 11 is 0. The van der Waals surface area contributed by atoms with E-state index >= 15 is 0 Å². The molecule has 0 amide bonds. The van der Waals surface area contributed by atoms with Gasteiger partial charge >= 0.3 is 5.97 Å². The highest BCUT2D eigenvalue weighted by molar-refractivity contribution is 7.85. The van der Waals surface area contributed by atoms with Gasteiger partial charge in [-0.2, -0.15) is 0 Å². The van der Waals surface area contributed by atoms with E-state index in [1.807, 2.05) is 6.92 Å². The summed E-state index contributed by atoms with van der Waals surface area (Å²) in [6, 6.07) is 6.71. The molecule has 0 bridgehead atoms. The van der Waals surface area contributed by atoms with Crippen molar-refractivity contribution in [1.82, 2.24) is 0 Å². The highest BCUT2D eigenvalue weighted by atomic mass is 32.2. The van der Waals surface area contributed by atoms with Crippen molar-refractivity contribution in [3.05, 3.63) is 36.4 Å². The molecule has 29 heavy (non-hydrogen) atoms. The zero-order chi connectivity index (χ0) is 21.0. The highest BCUT2D eigenvalue weighted by Crippen LogP contribution is 2.39. The second-order valence-corrected chi connectivity index (χ2v) is 9.89. The van der Waals surface area contributed by atoms with Crippen molar-refractivity contribution in [2.75, 3.05) is 5.73 Å². The first kappa shape index (κ1) is 22.0. The van der Waals surface area contributed by atoms with Crippen molar-refractivity contribution >= 4 is 22.5 Å². The number of cyclic esters (lactones) is 1. The molecule has 6 nitrogen and oxygen atoms in total. The Kier molecular flexibility index (Phi) is 7.49. The third-order valence-electron chi connectivity index (χ3n) is 5.89. The minimum atomic E-state index is -1.65. The van der Waals surface area contributed by atoms with Crippen LogP contribution in [0.5, 0.6) is 0 Å². The molecule has 4 N–H and O–H groups in total. The summed E-state index contributed by atoms with van der Waals surface area (Å²) in [5.74, 6) is -0.724. The Morgan fingerprint density at radius 1 is 1.24 bits per heavy atom. The number of ether oxygens (including phenoxy) is 1. The number of nitrogens with two attached hydrogens (primary N) is 1. The van der Waals surface area contributed by atoms with Crippen molar-refractivity contribution in [2.45, 2.75) is 73.9 Å². The third-order valence-corrected chi connectivity index (χ3v) is 7.60. The van der Waals surface area contributed by atoms with Crippen LogP contribution in [0.2, 0.25) is 0 Å². The molecule has 1 aromatic rings.